The van der Waals surface area contributed by atoms with Crippen LogP contribution in [0.1, 0.15) is 12.5 Å². The molecule has 1 atom stereocenters. The van der Waals surface area contributed by atoms with Crippen LogP contribution in [0.5, 0.6) is 5.88 Å². The molecular formula is C15H20N4O2. The highest BCUT2D eigenvalue weighted by Crippen LogP contribution is 2.25. The first-order valence-electron chi connectivity index (χ1n) is 6.89. The first-order chi connectivity index (χ1) is 10.2. The van der Waals surface area contributed by atoms with Crippen molar-refractivity contribution in [3.63, 3.8) is 0 Å². The molecule has 1 unspecified atom stereocenters. The fourth-order valence-corrected chi connectivity index (χ4v) is 2.00. The summed E-state index contributed by atoms with van der Waals surface area (Å²) in [6.45, 7) is 2.32. The Labute approximate surface area is 124 Å². The zero-order valence-corrected chi connectivity index (χ0v) is 12.0. The van der Waals surface area contributed by atoms with Gasteiger partial charge in [0.25, 0.3) is 0 Å². The number of rotatable bonds is 7. The van der Waals surface area contributed by atoms with Gasteiger partial charge < -0.3 is 20.9 Å². The van der Waals surface area contributed by atoms with Crippen molar-refractivity contribution in [2.75, 3.05) is 24.3 Å². The second-order valence-corrected chi connectivity index (χ2v) is 4.59. The monoisotopic (exact) mass is 288 g/mol. The van der Waals surface area contributed by atoms with Crippen LogP contribution in [-0.4, -0.2) is 34.3 Å². The second kappa shape index (κ2) is 7.44. The minimum Gasteiger partial charge on any atom is -0.476 e. The number of benzene rings is 1. The standard InChI is InChI=1S/C15H20N4O2/c1-2-21-15-13(16)14(17-10-18-15)19-12(9-20)8-11-6-4-3-5-7-11/h3-7,10,12,20H,2,8-9,16H2,1H3,(H,17,18,19). The highest BCUT2D eigenvalue weighted by molar-refractivity contribution is 5.66. The molecule has 1 aromatic carbocycles. The SMILES string of the molecule is CCOc1ncnc(NC(CO)Cc2ccccc2)c1N. The first-order valence-corrected chi connectivity index (χ1v) is 6.89. The Morgan fingerprint density at radius 2 is 2.05 bits per heavy atom. The van der Waals surface area contributed by atoms with E-state index in [0.29, 0.717) is 30.4 Å². The lowest BCUT2D eigenvalue weighted by atomic mass is 10.1. The van der Waals surface area contributed by atoms with Crippen molar-refractivity contribution in [2.45, 2.75) is 19.4 Å². The predicted molar refractivity (Wildman–Crippen MR) is 82.3 cm³/mol. The first kappa shape index (κ1) is 15.1. The summed E-state index contributed by atoms with van der Waals surface area (Å²) in [4.78, 5) is 8.10. The molecule has 0 aliphatic heterocycles. The van der Waals surface area contributed by atoms with E-state index in [0.717, 1.165) is 5.56 Å². The summed E-state index contributed by atoms with van der Waals surface area (Å²) in [6.07, 6.45) is 2.06. The molecule has 0 spiro atoms. The maximum atomic E-state index is 9.53. The fraction of sp³-hybridized carbons (Fsp3) is 0.333. The van der Waals surface area contributed by atoms with Crippen LogP contribution in [-0.2, 0) is 6.42 Å². The Kier molecular flexibility index (Phi) is 5.34. The highest BCUT2D eigenvalue weighted by atomic mass is 16.5. The number of nitrogen functional groups attached to an aromatic ring is 1. The maximum Gasteiger partial charge on any atom is 0.242 e. The molecule has 4 N–H and O–H groups in total. The van der Waals surface area contributed by atoms with Crippen molar-refractivity contribution in [3.05, 3.63) is 42.2 Å². The van der Waals surface area contributed by atoms with E-state index in [1.165, 1.54) is 6.33 Å². The van der Waals surface area contributed by atoms with E-state index < -0.39 is 0 Å². The Balaban J connectivity index is 2.10. The van der Waals surface area contributed by atoms with Crippen LogP contribution < -0.4 is 15.8 Å². The van der Waals surface area contributed by atoms with Crippen LogP contribution in [0.25, 0.3) is 0 Å². The van der Waals surface area contributed by atoms with Gasteiger partial charge in [-0.1, -0.05) is 30.3 Å². The van der Waals surface area contributed by atoms with E-state index in [9.17, 15) is 5.11 Å². The van der Waals surface area contributed by atoms with Gasteiger partial charge in [0.2, 0.25) is 5.88 Å². The third kappa shape index (κ3) is 4.06. The van der Waals surface area contributed by atoms with Crippen molar-refractivity contribution >= 4 is 11.5 Å². The molecule has 0 radical (unpaired) electrons. The van der Waals surface area contributed by atoms with Gasteiger partial charge in [0.05, 0.1) is 19.3 Å². The lowest BCUT2D eigenvalue weighted by Crippen LogP contribution is -2.27. The molecule has 2 aromatic rings. The number of aromatic nitrogens is 2. The number of anilines is 2. The van der Waals surface area contributed by atoms with Crippen molar-refractivity contribution < 1.29 is 9.84 Å². The molecule has 1 aromatic heterocycles. The Morgan fingerprint density at radius 1 is 1.29 bits per heavy atom. The average molecular weight is 288 g/mol. The minimum absolute atomic E-state index is 0.0255. The number of aliphatic hydroxyl groups excluding tert-OH is 1. The number of nitrogens with one attached hydrogen (secondary N) is 1. The Morgan fingerprint density at radius 3 is 2.71 bits per heavy atom. The second-order valence-electron chi connectivity index (χ2n) is 4.59. The Hall–Kier alpha value is -2.34. The van der Waals surface area contributed by atoms with Crippen LogP contribution >= 0.6 is 0 Å². The van der Waals surface area contributed by atoms with Crippen LogP contribution in [0.15, 0.2) is 36.7 Å². The molecule has 0 saturated heterocycles. The largest absolute Gasteiger partial charge is 0.476 e. The molecule has 0 aliphatic rings. The zero-order chi connectivity index (χ0) is 15.1. The van der Waals surface area contributed by atoms with E-state index in [-0.39, 0.29) is 12.6 Å². The molecular weight excluding hydrogens is 268 g/mol. The fourth-order valence-electron chi connectivity index (χ4n) is 2.00. The van der Waals surface area contributed by atoms with E-state index >= 15 is 0 Å². The van der Waals surface area contributed by atoms with Gasteiger partial charge in [-0.15, -0.1) is 0 Å². The summed E-state index contributed by atoms with van der Waals surface area (Å²) >= 11 is 0. The predicted octanol–water partition coefficient (Wildman–Crippen LogP) is 1.47. The number of aliphatic hydroxyl groups is 1. The molecule has 0 saturated carbocycles. The van der Waals surface area contributed by atoms with E-state index in [2.05, 4.69) is 15.3 Å². The van der Waals surface area contributed by atoms with Crippen LogP contribution in [0.4, 0.5) is 11.5 Å². The summed E-state index contributed by atoms with van der Waals surface area (Å²) in [5.74, 6) is 0.829. The van der Waals surface area contributed by atoms with Crippen LogP contribution in [0.3, 0.4) is 0 Å². The third-order valence-electron chi connectivity index (χ3n) is 3.01. The molecule has 0 aliphatic carbocycles. The Bertz CT molecular complexity index is 563. The number of nitrogens with two attached hydrogens (primary N) is 1. The lowest BCUT2D eigenvalue weighted by Gasteiger charge is -2.18. The third-order valence-corrected chi connectivity index (χ3v) is 3.01. The molecule has 0 fully saturated rings. The van der Waals surface area contributed by atoms with Crippen molar-refractivity contribution in [2.24, 2.45) is 0 Å². The van der Waals surface area contributed by atoms with Gasteiger partial charge in [0.15, 0.2) is 5.82 Å². The van der Waals surface area contributed by atoms with Crippen molar-refractivity contribution in [3.8, 4) is 5.88 Å². The molecule has 21 heavy (non-hydrogen) atoms. The van der Waals surface area contributed by atoms with Crippen molar-refractivity contribution in [1.82, 2.24) is 9.97 Å². The van der Waals surface area contributed by atoms with Gasteiger partial charge in [-0.05, 0) is 18.9 Å². The summed E-state index contributed by atoms with van der Waals surface area (Å²) in [6, 6.07) is 9.74. The van der Waals surface area contributed by atoms with Crippen molar-refractivity contribution in [1.29, 1.82) is 0 Å². The maximum absolute atomic E-state index is 9.53. The smallest absolute Gasteiger partial charge is 0.242 e. The number of ether oxygens (including phenoxy) is 1. The van der Waals surface area contributed by atoms with Gasteiger partial charge in [-0.2, -0.15) is 4.98 Å². The van der Waals surface area contributed by atoms with Gasteiger partial charge in [-0.25, -0.2) is 4.98 Å². The zero-order valence-electron chi connectivity index (χ0n) is 12.0. The highest BCUT2D eigenvalue weighted by Gasteiger charge is 2.14. The van der Waals surface area contributed by atoms with Crippen LogP contribution in [0, 0.1) is 0 Å². The quantitative estimate of drug-likeness (QED) is 0.714. The molecule has 6 nitrogen and oxygen atoms in total. The summed E-state index contributed by atoms with van der Waals surface area (Å²) in [7, 11) is 0. The lowest BCUT2D eigenvalue weighted by molar-refractivity contribution is 0.273. The number of hydrogen-bond donors (Lipinski definition) is 3. The molecule has 112 valence electrons. The minimum atomic E-state index is -0.181. The molecule has 0 amide bonds. The van der Waals surface area contributed by atoms with Gasteiger partial charge >= 0.3 is 0 Å². The van der Waals surface area contributed by atoms with E-state index in [4.69, 9.17) is 10.5 Å². The molecule has 2 rings (SSSR count). The molecule has 6 heteroatoms. The number of nitrogens with zero attached hydrogens (tertiary/aromatic N) is 2. The number of hydrogen-bond acceptors (Lipinski definition) is 6. The summed E-state index contributed by atoms with van der Waals surface area (Å²) < 4.78 is 5.33. The topological polar surface area (TPSA) is 93.3 Å². The van der Waals surface area contributed by atoms with Gasteiger partial charge in [0, 0.05) is 0 Å². The normalized spacial score (nSPS) is 11.9. The van der Waals surface area contributed by atoms with E-state index in [1.54, 1.807) is 0 Å². The summed E-state index contributed by atoms with van der Waals surface area (Å²) in [5, 5.41) is 12.7. The summed E-state index contributed by atoms with van der Waals surface area (Å²) in [5.41, 5.74) is 7.45. The van der Waals surface area contributed by atoms with Crippen LogP contribution in [0.2, 0.25) is 0 Å². The van der Waals surface area contributed by atoms with E-state index in [1.807, 2.05) is 37.3 Å². The average Bonchev–Trinajstić information content (AvgIpc) is 2.51. The van der Waals surface area contributed by atoms with Gasteiger partial charge in [-0.3, -0.25) is 0 Å². The van der Waals surface area contributed by atoms with Gasteiger partial charge in [0.1, 0.15) is 12.0 Å². The molecule has 0 bridgehead atoms. The molecule has 1 heterocycles.